The van der Waals surface area contributed by atoms with Crippen LogP contribution in [-0.4, -0.2) is 30.1 Å². The summed E-state index contributed by atoms with van der Waals surface area (Å²) in [6, 6.07) is 53.0. The highest BCUT2D eigenvalue weighted by molar-refractivity contribution is 6.01. The first-order valence-corrected chi connectivity index (χ1v) is 16.5. The van der Waals surface area contributed by atoms with Crippen molar-refractivity contribution in [1.29, 1.82) is 0 Å². The van der Waals surface area contributed by atoms with Crippen LogP contribution >= 0.6 is 0 Å². The standard InChI is InChI=1S/C44H26N6/c1-3-7-31-21-38-23-36(15-13-33(38)19-29(31)5-1)43-47-42(28-11-9-27(10-12-28)35-17-18-40-41(25-35)50-46-26-45-40)48-44(49-43)37-16-14-34-20-30-6-2-4-8-32(30)22-39(34)24-37/h1-26H. The lowest BCUT2D eigenvalue weighted by Crippen LogP contribution is -2.00. The van der Waals surface area contributed by atoms with Crippen molar-refractivity contribution < 1.29 is 0 Å². The van der Waals surface area contributed by atoms with Crippen molar-refractivity contribution in [3.63, 3.8) is 0 Å². The molecule has 10 aromatic rings. The molecular weight excluding hydrogens is 613 g/mol. The highest BCUT2D eigenvalue weighted by atomic mass is 15.1. The summed E-state index contributed by atoms with van der Waals surface area (Å²) >= 11 is 0. The van der Waals surface area contributed by atoms with Crippen molar-refractivity contribution in [3.05, 3.63) is 158 Å². The molecule has 2 heterocycles. The smallest absolute Gasteiger partial charge is 0.164 e. The molecule has 0 saturated heterocycles. The van der Waals surface area contributed by atoms with Gasteiger partial charge in [-0.25, -0.2) is 19.9 Å². The molecule has 2 aromatic heterocycles. The van der Waals surface area contributed by atoms with Gasteiger partial charge < -0.3 is 0 Å². The Morgan fingerprint density at radius 3 is 1.30 bits per heavy atom. The molecular formula is C44H26N6. The van der Waals surface area contributed by atoms with E-state index in [0.29, 0.717) is 17.5 Å². The average Bonchev–Trinajstić information content (AvgIpc) is 3.18. The fourth-order valence-corrected chi connectivity index (χ4v) is 6.80. The molecule has 0 N–H and O–H groups in total. The second kappa shape index (κ2) is 11.4. The average molecular weight is 639 g/mol. The lowest BCUT2D eigenvalue weighted by atomic mass is 10.0. The zero-order chi connectivity index (χ0) is 33.0. The van der Waals surface area contributed by atoms with E-state index >= 15 is 0 Å². The SMILES string of the molecule is c1ccc2cc3cc(-c4nc(-c5ccc(-c6ccc7ncnnc7c6)cc5)nc(-c5ccc6cc7ccccc7cc6c5)n4)ccc3cc2c1. The van der Waals surface area contributed by atoms with Crippen molar-refractivity contribution in [1.82, 2.24) is 30.1 Å². The zero-order valence-corrected chi connectivity index (χ0v) is 26.7. The maximum absolute atomic E-state index is 5.09. The molecule has 8 aromatic carbocycles. The second-order valence-electron chi connectivity index (χ2n) is 12.6. The molecule has 0 aliphatic carbocycles. The van der Waals surface area contributed by atoms with Crippen LogP contribution in [0.3, 0.4) is 0 Å². The monoisotopic (exact) mass is 638 g/mol. The molecule has 0 fully saturated rings. The summed E-state index contributed by atoms with van der Waals surface area (Å²) in [5.41, 5.74) is 6.44. The Balaban J connectivity index is 1.11. The highest BCUT2D eigenvalue weighted by Gasteiger charge is 2.14. The Morgan fingerprint density at radius 1 is 0.300 bits per heavy atom. The molecule has 0 amide bonds. The number of rotatable bonds is 4. The van der Waals surface area contributed by atoms with Crippen LogP contribution in [0.25, 0.3) is 99.4 Å². The van der Waals surface area contributed by atoms with Gasteiger partial charge in [-0.2, -0.15) is 0 Å². The predicted octanol–water partition coefficient (Wildman–Crippen LogP) is 10.5. The van der Waals surface area contributed by atoms with E-state index in [-0.39, 0.29) is 0 Å². The molecule has 6 nitrogen and oxygen atoms in total. The number of aromatic nitrogens is 6. The van der Waals surface area contributed by atoms with Gasteiger partial charge in [0.05, 0.1) is 5.52 Å². The Morgan fingerprint density at radius 2 is 0.740 bits per heavy atom. The van der Waals surface area contributed by atoms with Gasteiger partial charge >= 0.3 is 0 Å². The summed E-state index contributed by atoms with van der Waals surface area (Å²) < 4.78 is 0. The van der Waals surface area contributed by atoms with Gasteiger partial charge in [-0.1, -0.05) is 103 Å². The lowest BCUT2D eigenvalue weighted by molar-refractivity contribution is 1.02. The summed E-state index contributed by atoms with van der Waals surface area (Å²) in [5, 5.41) is 17.7. The van der Waals surface area contributed by atoms with Gasteiger partial charge in [-0.15, -0.1) is 10.2 Å². The molecule has 0 unspecified atom stereocenters. The minimum atomic E-state index is 0.613. The van der Waals surface area contributed by atoms with Crippen molar-refractivity contribution in [2.24, 2.45) is 0 Å². The first-order chi connectivity index (χ1) is 24.7. The van der Waals surface area contributed by atoms with Gasteiger partial charge in [0.1, 0.15) is 11.8 Å². The number of benzene rings is 8. The summed E-state index contributed by atoms with van der Waals surface area (Å²) in [6.07, 6.45) is 1.47. The minimum Gasteiger partial charge on any atom is -0.233 e. The molecule has 0 bridgehead atoms. The highest BCUT2D eigenvalue weighted by Crippen LogP contribution is 2.32. The third-order valence-corrected chi connectivity index (χ3v) is 9.43. The Hall–Kier alpha value is -6.92. The molecule has 0 aliphatic rings. The molecule has 50 heavy (non-hydrogen) atoms. The van der Waals surface area contributed by atoms with Crippen LogP contribution in [0.15, 0.2) is 158 Å². The predicted molar refractivity (Wildman–Crippen MR) is 202 cm³/mol. The van der Waals surface area contributed by atoms with Gasteiger partial charge in [-0.3, -0.25) is 0 Å². The fraction of sp³-hybridized carbons (Fsp3) is 0. The summed E-state index contributed by atoms with van der Waals surface area (Å²) in [7, 11) is 0. The largest absolute Gasteiger partial charge is 0.233 e. The van der Waals surface area contributed by atoms with E-state index < -0.39 is 0 Å². The lowest BCUT2D eigenvalue weighted by Gasteiger charge is -2.11. The van der Waals surface area contributed by atoms with E-state index in [1.165, 1.54) is 38.6 Å². The van der Waals surface area contributed by atoms with Crippen molar-refractivity contribution in [2.75, 3.05) is 0 Å². The van der Waals surface area contributed by atoms with Crippen LogP contribution in [-0.2, 0) is 0 Å². The summed E-state index contributed by atoms with van der Waals surface area (Å²) in [5.74, 6) is 1.87. The van der Waals surface area contributed by atoms with E-state index in [9.17, 15) is 0 Å². The van der Waals surface area contributed by atoms with Crippen LogP contribution in [0.5, 0.6) is 0 Å². The van der Waals surface area contributed by atoms with Gasteiger partial charge in [-0.05, 0) is 103 Å². The van der Waals surface area contributed by atoms with E-state index in [1.807, 2.05) is 12.1 Å². The van der Waals surface area contributed by atoms with E-state index in [1.54, 1.807) is 0 Å². The molecule has 0 radical (unpaired) electrons. The Kier molecular flexibility index (Phi) is 6.39. The summed E-state index contributed by atoms with van der Waals surface area (Å²) in [4.78, 5) is 19.5. The first kappa shape index (κ1) is 28.1. The number of nitrogens with zero attached hydrogens (tertiary/aromatic N) is 6. The van der Waals surface area contributed by atoms with E-state index in [0.717, 1.165) is 49.6 Å². The quantitative estimate of drug-likeness (QED) is 0.179. The Labute approximate surface area is 286 Å². The van der Waals surface area contributed by atoms with Gasteiger partial charge in [0.15, 0.2) is 17.5 Å². The van der Waals surface area contributed by atoms with Gasteiger partial charge in [0.25, 0.3) is 0 Å². The maximum Gasteiger partial charge on any atom is 0.164 e. The molecule has 232 valence electrons. The van der Waals surface area contributed by atoms with Gasteiger partial charge in [0, 0.05) is 16.7 Å². The summed E-state index contributed by atoms with van der Waals surface area (Å²) in [6.45, 7) is 0. The third kappa shape index (κ3) is 4.98. The van der Waals surface area contributed by atoms with Crippen molar-refractivity contribution in [2.45, 2.75) is 0 Å². The molecule has 0 spiro atoms. The number of fused-ring (bicyclic) bond motifs is 5. The molecule has 0 aliphatic heterocycles. The number of hydrogen-bond donors (Lipinski definition) is 0. The van der Waals surface area contributed by atoms with Crippen LogP contribution in [0.1, 0.15) is 0 Å². The van der Waals surface area contributed by atoms with Crippen LogP contribution in [0.4, 0.5) is 0 Å². The normalized spacial score (nSPS) is 11.6. The topological polar surface area (TPSA) is 77.3 Å². The number of hydrogen-bond acceptors (Lipinski definition) is 6. The maximum atomic E-state index is 5.09. The molecule has 6 heteroatoms. The Bertz CT molecular complexity index is 2800. The van der Waals surface area contributed by atoms with E-state index in [4.69, 9.17) is 15.0 Å². The van der Waals surface area contributed by atoms with Crippen LogP contribution in [0.2, 0.25) is 0 Å². The zero-order valence-electron chi connectivity index (χ0n) is 26.7. The van der Waals surface area contributed by atoms with Gasteiger partial charge in [0.2, 0.25) is 0 Å². The fourth-order valence-electron chi connectivity index (χ4n) is 6.80. The molecule has 10 rings (SSSR count). The van der Waals surface area contributed by atoms with E-state index in [2.05, 4.69) is 155 Å². The third-order valence-electron chi connectivity index (χ3n) is 9.43. The molecule has 0 atom stereocenters. The minimum absolute atomic E-state index is 0.613. The first-order valence-electron chi connectivity index (χ1n) is 16.5. The van der Waals surface area contributed by atoms with Crippen molar-refractivity contribution in [3.8, 4) is 45.3 Å². The second-order valence-corrected chi connectivity index (χ2v) is 12.6. The molecule has 0 saturated carbocycles. The van der Waals surface area contributed by atoms with Crippen LogP contribution in [0, 0.1) is 0 Å². The van der Waals surface area contributed by atoms with Crippen LogP contribution < -0.4 is 0 Å². The van der Waals surface area contributed by atoms with Crippen molar-refractivity contribution >= 4 is 54.1 Å².